The number of hydrogen-bond acceptors (Lipinski definition) is 3. The molecular weight excluding hydrogens is 228 g/mol. The minimum absolute atomic E-state index is 0.0524. The van der Waals surface area contributed by atoms with Crippen LogP contribution in [0.25, 0.3) is 0 Å². The maximum atomic E-state index is 12.6. The van der Waals surface area contributed by atoms with Crippen LogP contribution in [0.1, 0.15) is 27.2 Å². The lowest BCUT2D eigenvalue weighted by molar-refractivity contribution is -0.686. The molecule has 1 amide bonds. The molecule has 1 aromatic rings. The number of aliphatic imine (C=N–C) groups is 1. The van der Waals surface area contributed by atoms with Crippen molar-refractivity contribution < 1.29 is 9.28 Å². The SMILES string of the molecule is CCC1=C(C(C)C)[N+](C)(C(=O)n2ccnc2)C=N1. The highest BCUT2D eigenvalue weighted by Crippen LogP contribution is 2.32. The Morgan fingerprint density at radius 3 is 2.72 bits per heavy atom. The number of aromatic nitrogens is 2. The van der Waals surface area contributed by atoms with Crippen LogP contribution in [0.5, 0.6) is 0 Å². The highest BCUT2D eigenvalue weighted by atomic mass is 16.2. The van der Waals surface area contributed by atoms with Gasteiger partial charge in [-0.3, -0.25) is 0 Å². The van der Waals surface area contributed by atoms with Crippen molar-refractivity contribution in [2.45, 2.75) is 27.2 Å². The smallest absolute Gasteiger partial charge is 0.245 e. The third kappa shape index (κ3) is 1.80. The summed E-state index contributed by atoms with van der Waals surface area (Å²) in [5, 5.41) is 0. The van der Waals surface area contributed by atoms with Crippen molar-refractivity contribution in [2.24, 2.45) is 10.9 Å². The van der Waals surface area contributed by atoms with Gasteiger partial charge >= 0.3 is 6.03 Å². The lowest BCUT2D eigenvalue weighted by Crippen LogP contribution is -2.49. The van der Waals surface area contributed by atoms with E-state index in [0.29, 0.717) is 0 Å². The molecule has 1 aliphatic heterocycles. The van der Waals surface area contributed by atoms with Crippen LogP contribution < -0.4 is 0 Å². The molecule has 1 atom stereocenters. The highest BCUT2D eigenvalue weighted by Gasteiger charge is 2.43. The highest BCUT2D eigenvalue weighted by molar-refractivity contribution is 5.80. The van der Waals surface area contributed by atoms with E-state index in [0.717, 1.165) is 17.8 Å². The van der Waals surface area contributed by atoms with E-state index in [1.54, 1.807) is 18.7 Å². The summed E-state index contributed by atoms with van der Waals surface area (Å²) in [6, 6.07) is -0.0524. The molecule has 1 aliphatic rings. The number of quaternary nitrogens is 1. The van der Waals surface area contributed by atoms with E-state index < -0.39 is 0 Å². The molecule has 0 saturated carbocycles. The molecule has 0 radical (unpaired) electrons. The average Bonchev–Trinajstić information content (AvgIpc) is 2.95. The second kappa shape index (κ2) is 4.49. The first-order valence-corrected chi connectivity index (χ1v) is 6.18. The van der Waals surface area contributed by atoms with Crippen LogP contribution in [0.4, 0.5) is 4.79 Å². The molecule has 2 heterocycles. The van der Waals surface area contributed by atoms with E-state index in [2.05, 4.69) is 30.7 Å². The Bertz CT molecular complexity index is 513. The third-order valence-electron chi connectivity index (χ3n) is 3.25. The molecule has 0 spiro atoms. The predicted molar refractivity (Wildman–Crippen MR) is 69.9 cm³/mol. The maximum absolute atomic E-state index is 12.6. The van der Waals surface area contributed by atoms with Gasteiger partial charge in [-0.2, -0.15) is 4.48 Å². The number of carbonyl (C=O) groups is 1. The summed E-state index contributed by atoms with van der Waals surface area (Å²) in [5.74, 6) is 0.278. The fourth-order valence-corrected chi connectivity index (χ4v) is 2.49. The van der Waals surface area contributed by atoms with Gasteiger partial charge in [0.1, 0.15) is 17.7 Å². The minimum atomic E-state index is -0.0524. The first kappa shape index (κ1) is 12.7. The molecular formula is C13H19N4O+. The van der Waals surface area contributed by atoms with E-state index in [9.17, 15) is 4.79 Å². The Morgan fingerprint density at radius 2 is 2.22 bits per heavy atom. The van der Waals surface area contributed by atoms with Gasteiger partial charge in [-0.15, -0.1) is 0 Å². The van der Waals surface area contributed by atoms with Gasteiger partial charge in [-0.25, -0.2) is 19.3 Å². The molecule has 1 unspecified atom stereocenters. The molecule has 18 heavy (non-hydrogen) atoms. The molecule has 1 aromatic heterocycles. The van der Waals surface area contributed by atoms with Gasteiger partial charge in [0.25, 0.3) is 0 Å². The zero-order valence-electron chi connectivity index (χ0n) is 11.3. The van der Waals surface area contributed by atoms with Crippen LogP contribution in [0, 0.1) is 5.92 Å². The molecule has 0 aromatic carbocycles. The number of carbonyl (C=O) groups excluding carboxylic acids is 1. The van der Waals surface area contributed by atoms with Crippen LogP contribution >= 0.6 is 0 Å². The van der Waals surface area contributed by atoms with Gasteiger partial charge in [0.15, 0.2) is 0 Å². The molecule has 5 nitrogen and oxygen atoms in total. The largest absolute Gasteiger partial charge is 0.439 e. The topological polar surface area (TPSA) is 47.2 Å². The Balaban J connectivity index is 2.46. The van der Waals surface area contributed by atoms with E-state index in [4.69, 9.17) is 0 Å². The van der Waals surface area contributed by atoms with Gasteiger partial charge in [0.05, 0.1) is 7.05 Å². The van der Waals surface area contributed by atoms with Crippen LogP contribution in [-0.4, -0.2) is 33.5 Å². The molecule has 5 heteroatoms. The first-order chi connectivity index (χ1) is 8.50. The van der Waals surface area contributed by atoms with Crippen molar-refractivity contribution in [2.75, 3.05) is 7.05 Å². The maximum Gasteiger partial charge on any atom is 0.439 e. The summed E-state index contributed by atoms with van der Waals surface area (Å²) in [5.41, 5.74) is 2.08. The standard InChI is InChI=1S/C13H19N4O/c1-5-11-12(10(2)3)17(4,9-15-11)13(18)16-7-6-14-8-16/h6-10H,5H2,1-4H3/q+1. The van der Waals surface area contributed by atoms with Crippen LogP contribution in [-0.2, 0) is 0 Å². The zero-order chi connectivity index (χ0) is 13.3. The van der Waals surface area contributed by atoms with E-state index in [1.165, 1.54) is 10.9 Å². The Hall–Kier alpha value is -1.75. The van der Waals surface area contributed by atoms with Crippen molar-refractivity contribution in [3.8, 4) is 0 Å². The van der Waals surface area contributed by atoms with Crippen molar-refractivity contribution in [3.63, 3.8) is 0 Å². The van der Waals surface area contributed by atoms with Gasteiger partial charge < -0.3 is 0 Å². The van der Waals surface area contributed by atoms with Crippen molar-refractivity contribution in [1.29, 1.82) is 0 Å². The molecule has 96 valence electrons. The van der Waals surface area contributed by atoms with Crippen LogP contribution in [0.3, 0.4) is 0 Å². The number of nitrogens with zero attached hydrogens (tertiary/aromatic N) is 4. The fourth-order valence-electron chi connectivity index (χ4n) is 2.49. The van der Waals surface area contributed by atoms with E-state index in [-0.39, 0.29) is 16.4 Å². The first-order valence-electron chi connectivity index (χ1n) is 6.18. The third-order valence-corrected chi connectivity index (χ3v) is 3.25. The van der Waals surface area contributed by atoms with Gasteiger partial charge in [-0.1, -0.05) is 20.8 Å². The second-order valence-electron chi connectivity index (χ2n) is 4.91. The molecule has 0 saturated heterocycles. The zero-order valence-corrected chi connectivity index (χ0v) is 11.3. The quantitative estimate of drug-likeness (QED) is 0.754. The fraction of sp³-hybridized carbons (Fsp3) is 0.462. The Labute approximate surface area is 107 Å². The number of hydrogen-bond donors (Lipinski definition) is 0. The molecule has 2 rings (SSSR count). The lowest BCUT2D eigenvalue weighted by atomic mass is 10.1. The summed E-state index contributed by atoms with van der Waals surface area (Å²) in [6.07, 6.45) is 7.37. The Morgan fingerprint density at radius 1 is 1.50 bits per heavy atom. The lowest BCUT2D eigenvalue weighted by Gasteiger charge is -2.27. The van der Waals surface area contributed by atoms with E-state index >= 15 is 0 Å². The summed E-state index contributed by atoms with van der Waals surface area (Å²) in [4.78, 5) is 20.9. The van der Waals surface area contributed by atoms with E-state index in [1.807, 2.05) is 7.05 Å². The Kier molecular flexibility index (Phi) is 3.17. The van der Waals surface area contributed by atoms with Crippen molar-refractivity contribution >= 4 is 12.4 Å². The van der Waals surface area contributed by atoms with Crippen molar-refractivity contribution in [3.05, 3.63) is 30.1 Å². The van der Waals surface area contributed by atoms with Crippen LogP contribution in [0.2, 0.25) is 0 Å². The van der Waals surface area contributed by atoms with Crippen molar-refractivity contribution in [1.82, 2.24) is 9.55 Å². The summed E-state index contributed by atoms with van der Waals surface area (Å²) in [6.45, 7) is 6.25. The number of amides is 1. The average molecular weight is 247 g/mol. The summed E-state index contributed by atoms with van der Waals surface area (Å²) >= 11 is 0. The monoisotopic (exact) mass is 247 g/mol. The van der Waals surface area contributed by atoms with Crippen LogP contribution in [0.15, 0.2) is 35.1 Å². The summed E-state index contributed by atoms with van der Waals surface area (Å²) in [7, 11) is 1.88. The molecule has 0 N–H and O–H groups in total. The van der Waals surface area contributed by atoms with Gasteiger partial charge in [0, 0.05) is 18.3 Å². The molecule has 0 aliphatic carbocycles. The number of imidazole rings is 1. The van der Waals surface area contributed by atoms with Gasteiger partial charge in [0.2, 0.25) is 6.34 Å². The predicted octanol–water partition coefficient (Wildman–Crippen LogP) is 2.62. The van der Waals surface area contributed by atoms with Gasteiger partial charge in [-0.05, 0) is 6.42 Å². The second-order valence-corrected chi connectivity index (χ2v) is 4.91. The minimum Gasteiger partial charge on any atom is -0.245 e. The number of rotatable bonds is 2. The molecule has 0 fully saturated rings. The normalized spacial score (nSPS) is 23.2. The molecule has 0 bridgehead atoms. The summed E-state index contributed by atoms with van der Waals surface area (Å²) < 4.78 is 1.62. The number of allylic oxidation sites excluding steroid dienone is 2.